The monoisotopic (exact) mass is 343 g/mol. The number of hydrogen-bond donors (Lipinski definition) is 2. The van der Waals surface area contributed by atoms with Crippen molar-refractivity contribution in [2.24, 2.45) is 0 Å². The number of likely N-dealkylation sites (tertiary alicyclic amines) is 1. The lowest BCUT2D eigenvalue weighted by Gasteiger charge is -2.27. The molecular formula is C16H21N7O2. The second kappa shape index (κ2) is 7.16. The van der Waals surface area contributed by atoms with Crippen LogP contribution in [0.5, 0.6) is 0 Å². The summed E-state index contributed by atoms with van der Waals surface area (Å²) in [5, 5.41) is 16.9. The number of nitrogens with one attached hydrogen (secondary N) is 2. The largest absolute Gasteiger partial charge is 0.378 e. The number of carbonyl (C=O) groups is 1. The van der Waals surface area contributed by atoms with Gasteiger partial charge in [0.25, 0.3) is 0 Å². The minimum atomic E-state index is -0.213. The van der Waals surface area contributed by atoms with Crippen molar-refractivity contribution >= 4 is 11.7 Å². The van der Waals surface area contributed by atoms with E-state index in [0.29, 0.717) is 18.9 Å². The minimum absolute atomic E-state index is 0.0265. The summed E-state index contributed by atoms with van der Waals surface area (Å²) in [7, 11) is 0. The Bertz CT molecular complexity index is 698. The van der Waals surface area contributed by atoms with Gasteiger partial charge in [0, 0.05) is 5.69 Å². The Morgan fingerprint density at radius 1 is 1.16 bits per heavy atom. The van der Waals surface area contributed by atoms with Crippen LogP contribution in [0.2, 0.25) is 0 Å². The van der Waals surface area contributed by atoms with Crippen molar-refractivity contribution in [3.8, 4) is 5.69 Å². The molecule has 2 aliphatic rings. The SMILES string of the molecule is O=C(Nc1ccc(-n2cnnn2)cc1)N[C@H]1COC[C@@H]1N1CCCC1. The first-order chi connectivity index (χ1) is 12.3. The maximum Gasteiger partial charge on any atom is 0.319 e. The highest BCUT2D eigenvalue weighted by molar-refractivity contribution is 5.89. The smallest absolute Gasteiger partial charge is 0.319 e. The van der Waals surface area contributed by atoms with Gasteiger partial charge in [-0.05, 0) is 60.6 Å². The molecule has 3 heterocycles. The van der Waals surface area contributed by atoms with E-state index in [9.17, 15) is 4.79 Å². The first-order valence-electron chi connectivity index (χ1n) is 8.52. The third kappa shape index (κ3) is 3.62. The second-order valence-electron chi connectivity index (χ2n) is 6.35. The van der Waals surface area contributed by atoms with Crippen LogP contribution < -0.4 is 10.6 Å². The zero-order valence-electron chi connectivity index (χ0n) is 13.8. The standard InChI is InChI=1S/C16H21N7O2/c24-16(19-14-9-25-10-15(14)22-7-1-2-8-22)18-12-3-5-13(6-4-12)23-11-17-20-21-23/h3-6,11,14-15H,1-2,7-10H2,(H2,18,19,24)/t14-,15-/m0/s1. The first-order valence-corrected chi connectivity index (χ1v) is 8.52. The van der Waals surface area contributed by atoms with Gasteiger partial charge >= 0.3 is 6.03 Å². The molecule has 2 aliphatic heterocycles. The van der Waals surface area contributed by atoms with Crippen molar-refractivity contribution in [3.63, 3.8) is 0 Å². The van der Waals surface area contributed by atoms with Crippen LogP contribution in [-0.4, -0.2) is 69.5 Å². The van der Waals surface area contributed by atoms with Crippen LogP contribution in [0.15, 0.2) is 30.6 Å². The van der Waals surface area contributed by atoms with Gasteiger partial charge in [-0.15, -0.1) is 5.10 Å². The van der Waals surface area contributed by atoms with Crippen LogP contribution in [0.25, 0.3) is 5.69 Å². The fourth-order valence-corrected chi connectivity index (χ4v) is 3.43. The summed E-state index contributed by atoms with van der Waals surface area (Å²) in [4.78, 5) is 14.7. The van der Waals surface area contributed by atoms with Gasteiger partial charge in [0.15, 0.2) is 0 Å². The van der Waals surface area contributed by atoms with Gasteiger partial charge in [-0.2, -0.15) is 0 Å². The summed E-state index contributed by atoms with van der Waals surface area (Å²) in [6.07, 6.45) is 3.97. The van der Waals surface area contributed by atoms with Crippen molar-refractivity contribution in [3.05, 3.63) is 30.6 Å². The van der Waals surface area contributed by atoms with E-state index < -0.39 is 0 Å². The van der Waals surface area contributed by atoms with Crippen LogP contribution in [0, 0.1) is 0 Å². The lowest BCUT2D eigenvalue weighted by atomic mass is 10.1. The van der Waals surface area contributed by atoms with Gasteiger partial charge in [0.1, 0.15) is 6.33 Å². The van der Waals surface area contributed by atoms with Gasteiger partial charge in [-0.25, -0.2) is 9.48 Å². The fourth-order valence-electron chi connectivity index (χ4n) is 3.43. The summed E-state index contributed by atoms with van der Waals surface area (Å²) < 4.78 is 7.14. The Morgan fingerprint density at radius 2 is 1.96 bits per heavy atom. The molecule has 2 N–H and O–H groups in total. The number of tetrazole rings is 1. The van der Waals surface area contributed by atoms with Gasteiger partial charge in [0.05, 0.1) is 31.0 Å². The molecule has 4 rings (SSSR count). The van der Waals surface area contributed by atoms with E-state index in [1.165, 1.54) is 19.2 Å². The van der Waals surface area contributed by atoms with E-state index in [-0.39, 0.29) is 18.1 Å². The average Bonchev–Trinajstić information content (AvgIpc) is 3.37. The molecule has 132 valence electrons. The van der Waals surface area contributed by atoms with Crippen LogP contribution >= 0.6 is 0 Å². The zero-order valence-corrected chi connectivity index (χ0v) is 13.8. The number of anilines is 1. The summed E-state index contributed by atoms with van der Waals surface area (Å²) in [6.45, 7) is 3.43. The molecule has 2 fully saturated rings. The first kappa shape index (κ1) is 16.0. The quantitative estimate of drug-likeness (QED) is 0.846. The number of nitrogens with zero attached hydrogens (tertiary/aromatic N) is 5. The molecule has 2 atom stereocenters. The van der Waals surface area contributed by atoms with E-state index in [1.54, 1.807) is 4.68 Å². The van der Waals surface area contributed by atoms with Gasteiger partial charge < -0.3 is 15.4 Å². The van der Waals surface area contributed by atoms with Crippen molar-refractivity contribution in [1.82, 2.24) is 30.4 Å². The van der Waals surface area contributed by atoms with E-state index >= 15 is 0 Å². The Kier molecular flexibility index (Phi) is 4.57. The molecule has 0 radical (unpaired) electrons. The van der Waals surface area contributed by atoms with Crippen LogP contribution in [0.4, 0.5) is 10.5 Å². The van der Waals surface area contributed by atoms with E-state index in [0.717, 1.165) is 18.8 Å². The number of hydrogen-bond acceptors (Lipinski definition) is 6. The van der Waals surface area contributed by atoms with Crippen LogP contribution in [0.3, 0.4) is 0 Å². The molecule has 0 bridgehead atoms. The highest BCUT2D eigenvalue weighted by Crippen LogP contribution is 2.19. The lowest BCUT2D eigenvalue weighted by molar-refractivity contribution is 0.159. The summed E-state index contributed by atoms with van der Waals surface area (Å²) in [5.41, 5.74) is 1.54. The van der Waals surface area contributed by atoms with Crippen molar-refractivity contribution in [2.75, 3.05) is 31.6 Å². The Morgan fingerprint density at radius 3 is 2.68 bits per heavy atom. The minimum Gasteiger partial charge on any atom is -0.378 e. The van der Waals surface area contributed by atoms with E-state index in [4.69, 9.17) is 4.74 Å². The molecule has 0 aliphatic carbocycles. The summed E-state index contributed by atoms with van der Waals surface area (Å²) in [5.74, 6) is 0. The molecule has 0 spiro atoms. The summed E-state index contributed by atoms with van der Waals surface area (Å²) >= 11 is 0. The molecule has 9 heteroatoms. The van der Waals surface area contributed by atoms with Crippen LogP contribution in [-0.2, 0) is 4.74 Å². The third-order valence-electron chi connectivity index (χ3n) is 4.72. The highest BCUT2D eigenvalue weighted by Gasteiger charge is 2.35. The molecule has 0 unspecified atom stereocenters. The number of amides is 2. The maximum absolute atomic E-state index is 12.3. The van der Waals surface area contributed by atoms with Crippen molar-refractivity contribution in [2.45, 2.75) is 24.9 Å². The Balaban J connectivity index is 1.34. The number of rotatable bonds is 4. The number of carbonyl (C=O) groups excluding carboxylic acids is 1. The Hall–Kier alpha value is -2.52. The maximum atomic E-state index is 12.3. The number of aromatic nitrogens is 4. The molecule has 2 saturated heterocycles. The Labute approximate surface area is 145 Å². The normalized spacial score (nSPS) is 23.7. The van der Waals surface area contributed by atoms with E-state index in [2.05, 4.69) is 31.1 Å². The zero-order chi connectivity index (χ0) is 17.1. The predicted octanol–water partition coefficient (Wildman–Crippen LogP) is 0.647. The average molecular weight is 343 g/mol. The van der Waals surface area contributed by atoms with Gasteiger partial charge in [-0.3, -0.25) is 4.90 Å². The molecule has 1 aromatic carbocycles. The van der Waals surface area contributed by atoms with E-state index in [1.807, 2.05) is 24.3 Å². The predicted molar refractivity (Wildman–Crippen MR) is 90.5 cm³/mol. The second-order valence-corrected chi connectivity index (χ2v) is 6.35. The molecule has 2 amide bonds. The summed E-state index contributed by atoms with van der Waals surface area (Å²) in [6, 6.07) is 7.42. The van der Waals surface area contributed by atoms with Gasteiger partial charge in [-0.1, -0.05) is 0 Å². The van der Waals surface area contributed by atoms with Crippen molar-refractivity contribution in [1.29, 1.82) is 0 Å². The number of benzene rings is 1. The lowest BCUT2D eigenvalue weighted by Crippen LogP contribution is -2.51. The number of ether oxygens (including phenoxy) is 1. The topological polar surface area (TPSA) is 97.2 Å². The molecule has 0 saturated carbocycles. The molecule has 1 aromatic heterocycles. The third-order valence-corrected chi connectivity index (χ3v) is 4.72. The molecular weight excluding hydrogens is 322 g/mol. The van der Waals surface area contributed by atoms with Crippen molar-refractivity contribution < 1.29 is 9.53 Å². The molecule has 2 aromatic rings. The highest BCUT2D eigenvalue weighted by atomic mass is 16.5. The molecule has 9 nitrogen and oxygen atoms in total. The number of urea groups is 1. The molecule has 25 heavy (non-hydrogen) atoms. The van der Waals surface area contributed by atoms with Crippen LogP contribution in [0.1, 0.15) is 12.8 Å². The fraction of sp³-hybridized carbons (Fsp3) is 0.500. The van der Waals surface area contributed by atoms with Gasteiger partial charge in [0.2, 0.25) is 0 Å².